The van der Waals surface area contributed by atoms with Gasteiger partial charge in [0.05, 0.1) is 11.0 Å². The Hall–Kier alpha value is -4.26. The standard InChI is InChI=1S/C27H25N5O2/c1-18-8-10-21(11-9-18)26-30-31-27(34-26)22-14-12-20(13-15-22)25(33)28-16-5-17-32-19(2)29-23-6-3-4-7-24(23)32/h3-4,6-15H,5,16-17H2,1-2H3,(H,28,33). The lowest BCUT2D eigenvalue weighted by Crippen LogP contribution is -2.25. The summed E-state index contributed by atoms with van der Waals surface area (Å²) >= 11 is 0. The van der Waals surface area contributed by atoms with E-state index in [0.29, 0.717) is 23.9 Å². The van der Waals surface area contributed by atoms with Crippen LogP contribution < -0.4 is 5.32 Å². The van der Waals surface area contributed by atoms with Crippen molar-refractivity contribution in [3.05, 3.63) is 89.7 Å². The van der Waals surface area contributed by atoms with E-state index in [0.717, 1.165) is 41.0 Å². The fraction of sp³-hybridized carbons (Fsp3) is 0.185. The first-order chi connectivity index (χ1) is 16.6. The molecule has 0 fully saturated rings. The van der Waals surface area contributed by atoms with Gasteiger partial charge in [0.2, 0.25) is 11.8 Å². The predicted octanol–water partition coefficient (Wildman–Crippen LogP) is 5.19. The number of benzene rings is 3. The fourth-order valence-corrected chi connectivity index (χ4v) is 3.94. The maximum atomic E-state index is 12.6. The molecule has 0 atom stereocenters. The van der Waals surface area contributed by atoms with Crippen molar-refractivity contribution < 1.29 is 9.21 Å². The van der Waals surface area contributed by atoms with Crippen molar-refractivity contribution in [3.63, 3.8) is 0 Å². The van der Waals surface area contributed by atoms with Crippen molar-refractivity contribution in [2.24, 2.45) is 0 Å². The monoisotopic (exact) mass is 451 g/mol. The van der Waals surface area contributed by atoms with Crippen molar-refractivity contribution in [1.82, 2.24) is 25.1 Å². The molecule has 0 radical (unpaired) electrons. The number of rotatable bonds is 7. The van der Waals surface area contributed by atoms with Crippen molar-refractivity contribution in [2.45, 2.75) is 26.8 Å². The molecule has 1 N–H and O–H groups in total. The van der Waals surface area contributed by atoms with Gasteiger partial charge in [-0.2, -0.15) is 0 Å². The zero-order chi connectivity index (χ0) is 23.5. The number of aromatic nitrogens is 4. The number of nitrogens with one attached hydrogen (secondary N) is 1. The van der Waals surface area contributed by atoms with Crippen molar-refractivity contribution in [2.75, 3.05) is 6.54 Å². The van der Waals surface area contributed by atoms with E-state index in [1.807, 2.05) is 68.4 Å². The fourth-order valence-electron chi connectivity index (χ4n) is 3.94. The third-order valence-corrected chi connectivity index (χ3v) is 5.81. The number of para-hydroxylation sites is 2. The summed E-state index contributed by atoms with van der Waals surface area (Å²) in [5.74, 6) is 1.77. The topological polar surface area (TPSA) is 85.8 Å². The summed E-state index contributed by atoms with van der Waals surface area (Å²) in [7, 11) is 0. The van der Waals surface area contributed by atoms with Gasteiger partial charge in [-0.25, -0.2) is 4.98 Å². The van der Waals surface area contributed by atoms with Crippen LogP contribution in [-0.2, 0) is 6.54 Å². The maximum Gasteiger partial charge on any atom is 0.251 e. The molecule has 0 saturated heterocycles. The Kier molecular flexibility index (Phi) is 5.91. The molecule has 2 aromatic heterocycles. The second-order valence-electron chi connectivity index (χ2n) is 8.26. The second-order valence-corrected chi connectivity index (χ2v) is 8.26. The van der Waals surface area contributed by atoms with Gasteiger partial charge in [-0.05, 0) is 68.8 Å². The maximum absolute atomic E-state index is 12.6. The highest BCUT2D eigenvalue weighted by molar-refractivity contribution is 5.94. The number of carbonyl (C=O) groups is 1. The number of carbonyl (C=O) groups excluding carboxylic acids is 1. The zero-order valence-corrected chi connectivity index (χ0v) is 19.2. The quantitative estimate of drug-likeness (QED) is 0.344. The van der Waals surface area contributed by atoms with Gasteiger partial charge < -0.3 is 14.3 Å². The molecule has 0 saturated carbocycles. The largest absolute Gasteiger partial charge is 0.416 e. The number of aryl methyl sites for hydroxylation is 3. The molecule has 5 aromatic rings. The van der Waals surface area contributed by atoms with E-state index in [1.54, 1.807) is 12.1 Å². The Morgan fingerprint density at radius 2 is 1.53 bits per heavy atom. The van der Waals surface area contributed by atoms with Gasteiger partial charge in [0.25, 0.3) is 5.91 Å². The number of nitrogens with zero attached hydrogens (tertiary/aromatic N) is 4. The highest BCUT2D eigenvalue weighted by Crippen LogP contribution is 2.24. The molecule has 34 heavy (non-hydrogen) atoms. The molecule has 0 spiro atoms. The number of hydrogen-bond acceptors (Lipinski definition) is 5. The first kappa shape index (κ1) is 21.6. The minimum absolute atomic E-state index is 0.107. The molecule has 0 aliphatic carbocycles. The molecule has 170 valence electrons. The molecule has 7 nitrogen and oxygen atoms in total. The van der Waals surface area contributed by atoms with Crippen LogP contribution in [0.2, 0.25) is 0 Å². The summed E-state index contributed by atoms with van der Waals surface area (Å²) in [6.07, 6.45) is 0.814. The first-order valence-corrected chi connectivity index (χ1v) is 11.3. The summed E-state index contributed by atoms with van der Waals surface area (Å²) in [6.45, 7) is 5.42. The highest BCUT2D eigenvalue weighted by atomic mass is 16.4. The van der Waals surface area contributed by atoms with Crippen LogP contribution in [0, 0.1) is 13.8 Å². The van der Waals surface area contributed by atoms with E-state index in [9.17, 15) is 4.79 Å². The molecule has 2 heterocycles. The lowest BCUT2D eigenvalue weighted by atomic mass is 10.1. The van der Waals surface area contributed by atoms with Crippen molar-refractivity contribution in [1.29, 1.82) is 0 Å². The van der Waals surface area contributed by atoms with Crippen LogP contribution in [0.15, 0.2) is 77.2 Å². The molecule has 0 aliphatic heterocycles. The molecule has 5 rings (SSSR count). The Bertz CT molecular complexity index is 1430. The molecule has 7 heteroatoms. The third kappa shape index (κ3) is 4.45. The Labute approximate surface area is 197 Å². The van der Waals surface area contributed by atoms with Crippen LogP contribution in [0.4, 0.5) is 0 Å². The zero-order valence-electron chi connectivity index (χ0n) is 19.2. The molecule has 0 unspecified atom stereocenters. The van der Waals surface area contributed by atoms with Gasteiger partial charge in [-0.1, -0.05) is 29.8 Å². The van der Waals surface area contributed by atoms with Gasteiger partial charge in [0.15, 0.2) is 0 Å². The normalized spacial score (nSPS) is 11.1. The smallest absolute Gasteiger partial charge is 0.251 e. The van der Waals surface area contributed by atoms with Crippen molar-refractivity contribution >= 4 is 16.9 Å². The van der Waals surface area contributed by atoms with Gasteiger partial charge in [0, 0.05) is 29.8 Å². The third-order valence-electron chi connectivity index (χ3n) is 5.81. The average molecular weight is 452 g/mol. The molecule has 0 aliphatic rings. The van der Waals surface area contributed by atoms with E-state index < -0.39 is 0 Å². The van der Waals surface area contributed by atoms with Crippen LogP contribution in [0.3, 0.4) is 0 Å². The SMILES string of the molecule is Cc1ccc(-c2nnc(-c3ccc(C(=O)NCCCn4c(C)nc5ccccc54)cc3)o2)cc1. The Balaban J connectivity index is 1.17. The molecule has 0 bridgehead atoms. The minimum atomic E-state index is -0.107. The molecular weight excluding hydrogens is 426 g/mol. The molecule has 3 aromatic carbocycles. The number of hydrogen-bond donors (Lipinski definition) is 1. The summed E-state index contributed by atoms with van der Waals surface area (Å²) in [5.41, 5.74) is 5.52. The van der Waals surface area contributed by atoms with Crippen LogP contribution in [0.25, 0.3) is 33.9 Å². The van der Waals surface area contributed by atoms with Crippen LogP contribution in [0.1, 0.15) is 28.2 Å². The lowest BCUT2D eigenvalue weighted by molar-refractivity contribution is 0.0953. The molecule has 1 amide bonds. The highest BCUT2D eigenvalue weighted by Gasteiger charge is 2.12. The Morgan fingerprint density at radius 3 is 2.24 bits per heavy atom. The van der Waals surface area contributed by atoms with Gasteiger partial charge >= 0.3 is 0 Å². The van der Waals surface area contributed by atoms with Crippen molar-refractivity contribution in [3.8, 4) is 22.9 Å². The van der Waals surface area contributed by atoms with Gasteiger partial charge in [-0.15, -0.1) is 10.2 Å². The average Bonchev–Trinajstić information content (AvgIpc) is 3.47. The number of fused-ring (bicyclic) bond motifs is 1. The van der Waals surface area contributed by atoms with Crippen LogP contribution in [0.5, 0.6) is 0 Å². The van der Waals surface area contributed by atoms with Gasteiger partial charge in [0.1, 0.15) is 5.82 Å². The number of amides is 1. The second kappa shape index (κ2) is 9.31. The van der Waals surface area contributed by atoms with Crippen LogP contribution >= 0.6 is 0 Å². The van der Waals surface area contributed by atoms with E-state index in [-0.39, 0.29) is 5.91 Å². The minimum Gasteiger partial charge on any atom is -0.416 e. The lowest BCUT2D eigenvalue weighted by Gasteiger charge is -2.08. The van der Waals surface area contributed by atoms with E-state index in [2.05, 4.69) is 31.1 Å². The van der Waals surface area contributed by atoms with E-state index >= 15 is 0 Å². The summed E-state index contributed by atoms with van der Waals surface area (Å²) in [4.78, 5) is 17.2. The van der Waals surface area contributed by atoms with Crippen LogP contribution in [-0.4, -0.2) is 32.2 Å². The van der Waals surface area contributed by atoms with E-state index in [1.165, 1.54) is 5.56 Å². The summed E-state index contributed by atoms with van der Waals surface area (Å²) in [5, 5.41) is 11.3. The predicted molar refractivity (Wildman–Crippen MR) is 131 cm³/mol. The first-order valence-electron chi connectivity index (χ1n) is 11.3. The van der Waals surface area contributed by atoms with E-state index in [4.69, 9.17) is 4.42 Å². The Morgan fingerprint density at radius 1 is 0.882 bits per heavy atom. The summed E-state index contributed by atoms with van der Waals surface area (Å²) < 4.78 is 8.01. The summed E-state index contributed by atoms with van der Waals surface area (Å²) in [6, 6.07) is 23.2. The van der Waals surface area contributed by atoms with Gasteiger partial charge in [-0.3, -0.25) is 4.79 Å². The number of imidazole rings is 1. The molecular formula is C27H25N5O2.